The zero-order valence-corrected chi connectivity index (χ0v) is 14.5. The molecule has 1 N–H and O–H groups in total. The first-order valence-electron chi connectivity index (χ1n) is 8.21. The predicted octanol–water partition coefficient (Wildman–Crippen LogP) is 4.02. The van der Waals surface area contributed by atoms with Crippen molar-refractivity contribution in [3.05, 3.63) is 42.0 Å². The molecular weight excluding hydrogens is 288 g/mol. The number of carbonyl (C=O) groups is 1. The van der Waals surface area contributed by atoms with Crippen LogP contribution in [0.5, 0.6) is 0 Å². The first-order valence-corrected chi connectivity index (χ1v) is 8.21. The molecule has 0 saturated heterocycles. The molecule has 0 fully saturated rings. The van der Waals surface area contributed by atoms with Crippen molar-refractivity contribution in [2.45, 2.75) is 58.9 Å². The van der Waals surface area contributed by atoms with E-state index in [1.165, 1.54) is 12.8 Å². The molecule has 0 unspecified atom stereocenters. The molecule has 0 atom stereocenters. The fraction of sp³-hybridized carbons (Fsp3) is 0.500. The van der Waals surface area contributed by atoms with E-state index in [1.54, 1.807) is 24.5 Å². The number of unbranched alkanes of at least 4 members (excludes halogenated alkanes) is 2. The van der Waals surface area contributed by atoms with E-state index in [4.69, 9.17) is 0 Å². The summed E-state index contributed by atoms with van der Waals surface area (Å²) in [5.41, 5.74) is 2.23. The van der Waals surface area contributed by atoms with Crippen molar-refractivity contribution in [1.29, 1.82) is 0 Å². The Hall–Kier alpha value is -2.17. The van der Waals surface area contributed by atoms with E-state index >= 15 is 0 Å². The van der Waals surface area contributed by atoms with Crippen LogP contribution < -0.4 is 5.32 Å². The van der Waals surface area contributed by atoms with Gasteiger partial charge in [0.15, 0.2) is 5.69 Å². The summed E-state index contributed by atoms with van der Waals surface area (Å²) < 4.78 is 1.98. The van der Waals surface area contributed by atoms with Gasteiger partial charge >= 0.3 is 0 Å². The Morgan fingerprint density at radius 3 is 2.52 bits per heavy atom. The van der Waals surface area contributed by atoms with E-state index in [0.717, 1.165) is 24.3 Å². The standard InChI is InChI=1S/C18H26N4O/c1-5-6-7-12-22-16(18(2,3)4)13-15(21-22)17(23)20-14-8-10-19-11-9-14/h8-11,13H,5-7,12H2,1-4H3,(H,19,20,23). The van der Waals surface area contributed by atoms with Gasteiger partial charge in [0.2, 0.25) is 0 Å². The van der Waals surface area contributed by atoms with Gasteiger partial charge in [0.25, 0.3) is 5.91 Å². The Bertz CT molecular complexity index is 641. The van der Waals surface area contributed by atoms with Gasteiger partial charge in [-0.05, 0) is 24.6 Å². The van der Waals surface area contributed by atoms with Crippen LogP contribution in [-0.4, -0.2) is 20.7 Å². The molecule has 2 rings (SSSR count). The maximum atomic E-state index is 12.4. The molecule has 2 aromatic heterocycles. The number of hydrogen-bond acceptors (Lipinski definition) is 3. The summed E-state index contributed by atoms with van der Waals surface area (Å²) in [6, 6.07) is 5.43. The van der Waals surface area contributed by atoms with E-state index in [9.17, 15) is 4.79 Å². The Morgan fingerprint density at radius 2 is 1.91 bits per heavy atom. The minimum absolute atomic E-state index is 0.0472. The number of amides is 1. The highest BCUT2D eigenvalue weighted by Gasteiger charge is 2.23. The van der Waals surface area contributed by atoms with Gasteiger partial charge in [0, 0.05) is 35.7 Å². The number of nitrogens with zero attached hydrogens (tertiary/aromatic N) is 3. The quantitative estimate of drug-likeness (QED) is 0.819. The van der Waals surface area contributed by atoms with Crippen LogP contribution in [0.3, 0.4) is 0 Å². The normalized spacial score (nSPS) is 11.5. The van der Waals surface area contributed by atoms with Crippen molar-refractivity contribution < 1.29 is 4.79 Å². The van der Waals surface area contributed by atoms with Crippen molar-refractivity contribution in [2.24, 2.45) is 0 Å². The number of hydrogen-bond donors (Lipinski definition) is 1. The fourth-order valence-corrected chi connectivity index (χ4v) is 2.44. The van der Waals surface area contributed by atoms with Gasteiger partial charge in [0.1, 0.15) is 0 Å². The molecule has 0 saturated carbocycles. The predicted molar refractivity (Wildman–Crippen MR) is 92.6 cm³/mol. The Morgan fingerprint density at radius 1 is 1.22 bits per heavy atom. The summed E-state index contributed by atoms with van der Waals surface area (Å²) >= 11 is 0. The molecule has 5 heteroatoms. The van der Waals surface area contributed by atoms with Crippen LogP contribution in [-0.2, 0) is 12.0 Å². The van der Waals surface area contributed by atoms with E-state index < -0.39 is 0 Å². The molecule has 0 aliphatic rings. The summed E-state index contributed by atoms with van der Waals surface area (Å²) in [7, 11) is 0. The average molecular weight is 314 g/mol. The summed E-state index contributed by atoms with van der Waals surface area (Å²) in [5, 5.41) is 7.40. The van der Waals surface area contributed by atoms with Crippen LogP contribution in [0.1, 0.15) is 63.1 Å². The van der Waals surface area contributed by atoms with Crippen molar-refractivity contribution >= 4 is 11.6 Å². The summed E-state index contributed by atoms with van der Waals surface area (Å²) in [5.74, 6) is -0.184. The molecule has 23 heavy (non-hydrogen) atoms. The van der Waals surface area contributed by atoms with Crippen molar-refractivity contribution in [3.8, 4) is 0 Å². The third-order valence-electron chi connectivity index (χ3n) is 3.69. The maximum Gasteiger partial charge on any atom is 0.276 e. The molecule has 0 bridgehead atoms. The van der Waals surface area contributed by atoms with Crippen LogP contribution in [0.15, 0.2) is 30.6 Å². The summed E-state index contributed by atoms with van der Waals surface area (Å²) in [6.45, 7) is 9.46. The number of carbonyl (C=O) groups excluding carboxylic acids is 1. The lowest BCUT2D eigenvalue weighted by Gasteiger charge is -2.20. The van der Waals surface area contributed by atoms with Crippen LogP contribution >= 0.6 is 0 Å². The van der Waals surface area contributed by atoms with Gasteiger partial charge in [-0.1, -0.05) is 40.5 Å². The van der Waals surface area contributed by atoms with E-state index in [0.29, 0.717) is 5.69 Å². The van der Waals surface area contributed by atoms with Crippen LogP contribution in [0.2, 0.25) is 0 Å². The summed E-state index contributed by atoms with van der Waals surface area (Å²) in [4.78, 5) is 16.4. The van der Waals surface area contributed by atoms with Gasteiger partial charge < -0.3 is 5.32 Å². The molecular formula is C18H26N4O. The largest absolute Gasteiger partial charge is 0.320 e. The highest BCUT2D eigenvalue weighted by molar-refractivity contribution is 6.02. The number of rotatable bonds is 6. The third kappa shape index (κ3) is 4.65. The first kappa shape index (κ1) is 17.2. The SMILES string of the molecule is CCCCCn1nc(C(=O)Nc2ccncc2)cc1C(C)(C)C. The van der Waals surface area contributed by atoms with Crippen molar-refractivity contribution in [1.82, 2.24) is 14.8 Å². The molecule has 124 valence electrons. The molecule has 1 amide bonds. The smallest absolute Gasteiger partial charge is 0.276 e. The van der Waals surface area contributed by atoms with E-state index in [-0.39, 0.29) is 11.3 Å². The second-order valence-electron chi connectivity index (χ2n) is 6.79. The molecule has 0 radical (unpaired) electrons. The van der Waals surface area contributed by atoms with Gasteiger partial charge in [-0.2, -0.15) is 5.10 Å². The molecule has 0 aliphatic carbocycles. The Labute approximate surface area is 138 Å². The molecule has 2 aromatic rings. The first-order chi connectivity index (χ1) is 10.9. The summed E-state index contributed by atoms with van der Waals surface area (Å²) in [6.07, 6.45) is 6.72. The van der Waals surface area contributed by atoms with Crippen molar-refractivity contribution in [3.63, 3.8) is 0 Å². The second-order valence-corrected chi connectivity index (χ2v) is 6.79. The lowest BCUT2D eigenvalue weighted by Crippen LogP contribution is -2.18. The van der Waals surface area contributed by atoms with Crippen molar-refractivity contribution in [2.75, 3.05) is 5.32 Å². The topological polar surface area (TPSA) is 59.8 Å². The van der Waals surface area contributed by atoms with Gasteiger partial charge in [-0.25, -0.2) is 0 Å². The lowest BCUT2D eigenvalue weighted by molar-refractivity contribution is 0.102. The fourth-order valence-electron chi connectivity index (χ4n) is 2.44. The zero-order chi connectivity index (χ0) is 16.9. The Balaban J connectivity index is 2.20. The van der Waals surface area contributed by atoms with Gasteiger partial charge in [0.05, 0.1) is 0 Å². The number of pyridine rings is 1. The zero-order valence-electron chi connectivity index (χ0n) is 14.5. The third-order valence-corrected chi connectivity index (χ3v) is 3.69. The Kier molecular flexibility index (Phi) is 5.53. The molecule has 0 aromatic carbocycles. The molecule has 5 nitrogen and oxygen atoms in total. The number of anilines is 1. The highest BCUT2D eigenvalue weighted by Crippen LogP contribution is 2.24. The van der Waals surface area contributed by atoms with Gasteiger partial charge in [-0.3, -0.25) is 14.5 Å². The van der Waals surface area contributed by atoms with Crippen LogP contribution in [0.25, 0.3) is 0 Å². The number of aryl methyl sites for hydroxylation is 1. The minimum Gasteiger partial charge on any atom is -0.320 e. The molecule has 0 aliphatic heterocycles. The monoisotopic (exact) mass is 314 g/mol. The maximum absolute atomic E-state index is 12.4. The molecule has 0 spiro atoms. The lowest BCUT2D eigenvalue weighted by atomic mass is 9.91. The van der Waals surface area contributed by atoms with Crippen LogP contribution in [0.4, 0.5) is 5.69 Å². The van der Waals surface area contributed by atoms with E-state index in [1.807, 2.05) is 10.7 Å². The number of aromatic nitrogens is 3. The second kappa shape index (κ2) is 7.40. The van der Waals surface area contributed by atoms with Crippen LogP contribution in [0, 0.1) is 0 Å². The number of nitrogens with one attached hydrogen (secondary N) is 1. The van der Waals surface area contributed by atoms with E-state index in [2.05, 4.69) is 43.1 Å². The minimum atomic E-state index is -0.184. The molecule has 2 heterocycles. The highest BCUT2D eigenvalue weighted by atomic mass is 16.1. The van der Waals surface area contributed by atoms with Gasteiger partial charge in [-0.15, -0.1) is 0 Å². The average Bonchev–Trinajstić information content (AvgIpc) is 2.93.